The van der Waals surface area contributed by atoms with Crippen molar-refractivity contribution in [3.05, 3.63) is 108 Å². The molecule has 5 aliphatic rings. The Kier molecular flexibility index (Phi) is 5.78. The first-order valence-corrected chi connectivity index (χ1v) is 18.4. The second kappa shape index (κ2) is 9.42. The molecule has 6 bridgehead atoms. The minimum atomic E-state index is -0.618. The van der Waals surface area contributed by atoms with E-state index in [1.54, 1.807) is 0 Å². The van der Waals surface area contributed by atoms with E-state index in [0.29, 0.717) is 0 Å². The van der Waals surface area contributed by atoms with Crippen LogP contribution in [0, 0.1) is 12.1 Å². The van der Waals surface area contributed by atoms with E-state index in [9.17, 15) is 0 Å². The van der Waals surface area contributed by atoms with Gasteiger partial charge in [-0.3, -0.25) is 0 Å². The third-order valence-electron chi connectivity index (χ3n) is 10.3. The SMILES string of the molecule is CC(C)(C)c1ccc2c(c1)N1CN3[C]4=[Pt]=[C]1N2C(C)(C)c1[c-]c(ccc1)Oc1[c-]c(ccc1)C1(CCCC1)N4c1ccccc13. The molecule has 5 nitrogen and oxygen atoms in total. The standard InChI is InChI=1S/C39H38N4O.Pt/c1-37(2,3)28-18-19-35-36(24-28)41-25-40-27-43(34-17-7-6-16-33(34)40)39(20-8-9-21-39)30-13-11-15-32(23-30)44-31-14-10-12-29(22-31)38(4,5)42(35)26-41;/h6-7,10-19,24H,8-9,20-21,25H2,1-5H3;/q-2;. The van der Waals surface area contributed by atoms with Gasteiger partial charge in [-0.2, -0.15) is 0 Å². The van der Waals surface area contributed by atoms with Crippen LogP contribution in [0.5, 0.6) is 11.5 Å². The van der Waals surface area contributed by atoms with E-state index in [2.05, 4.69) is 133 Å². The predicted octanol–water partition coefficient (Wildman–Crippen LogP) is 8.28. The first-order valence-electron chi connectivity index (χ1n) is 16.1. The second-order valence-electron chi connectivity index (χ2n) is 14.4. The molecule has 0 N–H and O–H groups in total. The van der Waals surface area contributed by atoms with Gasteiger partial charge in [0.25, 0.3) is 0 Å². The summed E-state index contributed by atoms with van der Waals surface area (Å²) in [7, 11) is 0. The quantitative estimate of drug-likeness (QED) is 0.168. The Morgan fingerprint density at radius 2 is 1.31 bits per heavy atom. The van der Waals surface area contributed by atoms with E-state index < -0.39 is 17.6 Å². The molecular formula is C39H38N4OPt-2. The van der Waals surface area contributed by atoms with Crippen molar-refractivity contribution in [1.82, 2.24) is 0 Å². The monoisotopic (exact) mass is 773 g/mol. The Hall–Kier alpha value is -3.69. The molecule has 4 aliphatic heterocycles. The zero-order valence-corrected chi connectivity index (χ0v) is 28.8. The van der Waals surface area contributed by atoms with Gasteiger partial charge in [-0.1, -0.05) is 0 Å². The molecular weight excluding hydrogens is 736 g/mol. The zero-order valence-electron chi connectivity index (χ0n) is 26.6. The van der Waals surface area contributed by atoms with Crippen LogP contribution in [0.4, 0.5) is 22.7 Å². The van der Waals surface area contributed by atoms with Crippen molar-refractivity contribution >= 4 is 31.0 Å². The van der Waals surface area contributed by atoms with Crippen LogP contribution in [0.25, 0.3) is 0 Å². The van der Waals surface area contributed by atoms with Gasteiger partial charge >= 0.3 is 276 Å². The summed E-state index contributed by atoms with van der Waals surface area (Å²) < 4.78 is 9.48. The number of fused-ring (bicyclic) bond motifs is 12. The molecule has 1 spiro atoms. The third kappa shape index (κ3) is 3.89. The van der Waals surface area contributed by atoms with Crippen LogP contribution in [0.15, 0.2) is 78.9 Å². The number of rotatable bonds is 0. The zero-order chi connectivity index (χ0) is 30.7. The van der Waals surface area contributed by atoms with Crippen molar-refractivity contribution in [2.24, 2.45) is 0 Å². The molecule has 6 heteroatoms. The number of hydrogen-bond donors (Lipinski definition) is 0. The van der Waals surface area contributed by atoms with Crippen molar-refractivity contribution in [3.63, 3.8) is 0 Å². The summed E-state index contributed by atoms with van der Waals surface area (Å²) in [5.74, 6) is 1.49. The maximum absolute atomic E-state index is 6.57. The number of nitrogens with zero attached hydrogens (tertiary/aromatic N) is 4. The molecule has 0 saturated heterocycles. The summed E-state index contributed by atoms with van der Waals surface area (Å²) in [6.07, 6.45) is 4.63. The second-order valence-corrected chi connectivity index (χ2v) is 17.0. The summed E-state index contributed by atoms with van der Waals surface area (Å²) in [6, 6.07) is 36.6. The van der Waals surface area contributed by atoms with Gasteiger partial charge in [0.2, 0.25) is 0 Å². The molecule has 1 aliphatic carbocycles. The molecule has 0 unspecified atom stereocenters. The van der Waals surface area contributed by atoms with Crippen molar-refractivity contribution in [2.45, 2.75) is 76.8 Å². The summed E-state index contributed by atoms with van der Waals surface area (Å²) in [4.78, 5) is 10.7. The Morgan fingerprint density at radius 3 is 2.04 bits per heavy atom. The topological polar surface area (TPSA) is 22.2 Å². The van der Waals surface area contributed by atoms with Crippen molar-refractivity contribution in [2.75, 3.05) is 26.3 Å². The van der Waals surface area contributed by atoms with Gasteiger partial charge in [0.15, 0.2) is 0 Å². The molecule has 0 aromatic heterocycles. The average molecular weight is 774 g/mol. The molecule has 9 rings (SSSR count). The minimum absolute atomic E-state index is 0.0607. The molecule has 4 aromatic carbocycles. The third-order valence-corrected chi connectivity index (χ3v) is 13.6. The van der Waals surface area contributed by atoms with E-state index in [1.807, 2.05) is 12.1 Å². The van der Waals surface area contributed by atoms with Crippen molar-refractivity contribution < 1.29 is 22.4 Å². The van der Waals surface area contributed by atoms with Gasteiger partial charge in [0.1, 0.15) is 0 Å². The number of anilines is 4. The van der Waals surface area contributed by atoms with Gasteiger partial charge < -0.3 is 0 Å². The predicted molar refractivity (Wildman–Crippen MR) is 180 cm³/mol. The van der Waals surface area contributed by atoms with Gasteiger partial charge in [0, 0.05) is 0 Å². The number of para-hydroxylation sites is 2. The average Bonchev–Trinajstić information content (AvgIpc) is 3.72. The molecule has 1 fully saturated rings. The van der Waals surface area contributed by atoms with Crippen LogP contribution in [0.3, 0.4) is 0 Å². The van der Waals surface area contributed by atoms with Crippen LogP contribution < -0.4 is 24.3 Å². The van der Waals surface area contributed by atoms with Crippen LogP contribution in [-0.4, -0.2) is 15.0 Å². The molecule has 0 radical (unpaired) electrons. The Morgan fingerprint density at radius 1 is 0.689 bits per heavy atom. The number of ether oxygens (including phenoxy) is 1. The molecule has 45 heavy (non-hydrogen) atoms. The fourth-order valence-electron chi connectivity index (χ4n) is 7.87. The van der Waals surface area contributed by atoms with Crippen LogP contribution in [-0.2, 0) is 34.1 Å². The van der Waals surface area contributed by atoms with Gasteiger partial charge in [0.05, 0.1) is 0 Å². The van der Waals surface area contributed by atoms with Crippen LogP contribution in [0.2, 0.25) is 0 Å². The Bertz CT molecular complexity index is 1960. The maximum atomic E-state index is 6.57. The summed E-state index contributed by atoms with van der Waals surface area (Å²) >= 11 is -0.618. The molecule has 4 aromatic rings. The first kappa shape index (κ1) is 27.6. The van der Waals surface area contributed by atoms with E-state index >= 15 is 0 Å². The normalized spacial score (nSPS) is 20.5. The van der Waals surface area contributed by atoms with Crippen molar-refractivity contribution in [3.8, 4) is 11.5 Å². The summed E-state index contributed by atoms with van der Waals surface area (Å²) in [5.41, 5.74) is 8.49. The van der Waals surface area contributed by atoms with E-state index in [-0.39, 0.29) is 16.5 Å². The van der Waals surface area contributed by atoms with E-state index in [4.69, 9.17) is 4.74 Å². The molecule has 0 atom stereocenters. The first-order chi connectivity index (χ1) is 21.6. The Balaban J connectivity index is 1.39. The van der Waals surface area contributed by atoms with Gasteiger partial charge in [-0.15, -0.1) is 0 Å². The van der Waals surface area contributed by atoms with Crippen LogP contribution in [0.1, 0.15) is 77.0 Å². The molecule has 4 heterocycles. The van der Waals surface area contributed by atoms with E-state index in [0.717, 1.165) is 36.6 Å². The summed E-state index contributed by atoms with van der Waals surface area (Å²) in [6.45, 7) is 12.4. The van der Waals surface area contributed by atoms with Crippen LogP contribution >= 0.6 is 0 Å². The fraction of sp³-hybridized carbons (Fsp3) is 0.333. The summed E-state index contributed by atoms with van der Waals surface area (Å²) in [5, 5.41) is 0. The Labute approximate surface area is 274 Å². The van der Waals surface area contributed by atoms with E-state index in [1.165, 1.54) is 55.0 Å². The van der Waals surface area contributed by atoms with Gasteiger partial charge in [-0.25, -0.2) is 0 Å². The molecule has 1 saturated carbocycles. The number of hydrogen-bond acceptors (Lipinski definition) is 5. The molecule has 232 valence electrons. The number of benzene rings is 4. The van der Waals surface area contributed by atoms with Crippen molar-refractivity contribution in [1.29, 1.82) is 0 Å². The fourth-order valence-corrected chi connectivity index (χ4v) is 12.0. The van der Waals surface area contributed by atoms with Gasteiger partial charge in [-0.05, 0) is 0 Å². The molecule has 0 amide bonds.